The van der Waals surface area contributed by atoms with Crippen molar-refractivity contribution in [2.75, 3.05) is 26.7 Å². The zero-order valence-electron chi connectivity index (χ0n) is 14.8. The minimum Gasteiger partial charge on any atom is -0.480 e. The molecule has 0 aliphatic carbocycles. The molecule has 1 aromatic heterocycles. The maximum absolute atomic E-state index is 13.0. The Hall–Kier alpha value is -2.67. The van der Waals surface area contributed by atoms with Crippen LogP contribution in [0, 0.1) is 0 Å². The number of aromatic amines is 1. The molecule has 0 radical (unpaired) electrons. The van der Waals surface area contributed by atoms with E-state index in [1.165, 1.54) is 6.07 Å². The topological polar surface area (TPSA) is 93.7 Å². The van der Waals surface area contributed by atoms with Crippen LogP contribution >= 0.6 is 0 Å². The van der Waals surface area contributed by atoms with Crippen LogP contribution in [0.5, 0.6) is 0 Å². The minimum absolute atomic E-state index is 0.00267. The number of H-pyrrole nitrogens is 1. The van der Waals surface area contributed by atoms with Crippen LogP contribution in [-0.4, -0.2) is 64.5 Å². The maximum atomic E-state index is 13.0. The number of amides is 1. The summed E-state index contributed by atoms with van der Waals surface area (Å²) in [7, 11) is 1.81. The number of carboxylic acids is 1. The van der Waals surface area contributed by atoms with Gasteiger partial charge < -0.3 is 15.0 Å². The van der Waals surface area contributed by atoms with Crippen molar-refractivity contribution in [3.8, 4) is 0 Å². The molecule has 2 aromatic rings. The highest BCUT2D eigenvalue weighted by Gasteiger charge is 2.25. The lowest BCUT2D eigenvalue weighted by Gasteiger charge is -2.25. The fraction of sp³-hybridized carbons (Fsp3) is 0.421. The number of rotatable bonds is 4. The lowest BCUT2D eigenvalue weighted by molar-refractivity contribution is -0.138. The minimum atomic E-state index is -0.848. The lowest BCUT2D eigenvalue weighted by Crippen LogP contribution is -2.37. The van der Waals surface area contributed by atoms with E-state index in [1.54, 1.807) is 18.0 Å². The summed E-state index contributed by atoms with van der Waals surface area (Å²) in [5.41, 5.74) is 0.778. The van der Waals surface area contributed by atoms with Crippen molar-refractivity contribution in [3.05, 3.63) is 46.2 Å². The fourth-order valence-corrected chi connectivity index (χ4v) is 3.62. The van der Waals surface area contributed by atoms with E-state index < -0.39 is 5.97 Å². The third-order valence-corrected chi connectivity index (χ3v) is 4.97. The molecule has 1 aromatic carbocycles. The Kier molecular flexibility index (Phi) is 5.37. The molecule has 26 heavy (non-hydrogen) atoms. The molecule has 1 saturated heterocycles. The van der Waals surface area contributed by atoms with Crippen LogP contribution in [0.2, 0.25) is 0 Å². The molecule has 2 heterocycles. The van der Waals surface area contributed by atoms with E-state index in [4.69, 9.17) is 5.11 Å². The normalized spacial score (nSPS) is 18.1. The Labute approximate surface area is 151 Å². The number of fused-ring (bicyclic) bond motifs is 1. The highest BCUT2D eigenvalue weighted by Crippen LogP contribution is 2.20. The van der Waals surface area contributed by atoms with E-state index in [1.807, 2.05) is 23.1 Å². The summed E-state index contributed by atoms with van der Waals surface area (Å²) in [6.07, 6.45) is 2.38. The second kappa shape index (κ2) is 7.70. The molecule has 2 N–H and O–H groups in total. The van der Waals surface area contributed by atoms with Gasteiger partial charge in [0.05, 0.1) is 12.1 Å². The second-order valence-corrected chi connectivity index (χ2v) is 6.78. The molecule has 1 fully saturated rings. The number of pyridine rings is 1. The first-order chi connectivity index (χ1) is 12.5. The molecule has 1 amide bonds. The van der Waals surface area contributed by atoms with Gasteiger partial charge in [-0.25, -0.2) is 0 Å². The highest BCUT2D eigenvalue weighted by atomic mass is 16.4. The first-order valence-electron chi connectivity index (χ1n) is 8.79. The number of carboxylic acid groups (broad SMARTS) is 1. The summed E-state index contributed by atoms with van der Waals surface area (Å²) in [5.74, 6) is -0.992. The predicted octanol–water partition coefficient (Wildman–Crippen LogP) is 1.54. The van der Waals surface area contributed by atoms with Crippen molar-refractivity contribution in [3.63, 3.8) is 0 Å². The van der Waals surface area contributed by atoms with Gasteiger partial charge in [-0.1, -0.05) is 18.2 Å². The zero-order valence-corrected chi connectivity index (χ0v) is 14.8. The Morgan fingerprint density at radius 2 is 2.04 bits per heavy atom. The molecule has 7 heteroatoms. The quantitative estimate of drug-likeness (QED) is 0.866. The number of nitrogens with zero attached hydrogens (tertiary/aromatic N) is 2. The van der Waals surface area contributed by atoms with Crippen LogP contribution in [0.25, 0.3) is 10.9 Å². The van der Waals surface area contributed by atoms with E-state index in [2.05, 4.69) is 4.98 Å². The molecule has 1 aliphatic heterocycles. The van der Waals surface area contributed by atoms with Crippen LogP contribution in [0.15, 0.2) is 35.1 Å². The number of nitrogens with one attached hydrogen (secondary N) is 1. The molecule has 1 aliphatic rings. The monoisotopic (exact) mass is 357 g/mol. The average molecular weight is 357 g/mol. The molecule has 0 bridgehead atoms. The van der Waals surface area contributed by atoms with Gasteiger partial charge >= 0.3 is 5.97 Å². The summed E-state index contributed by atoms with van der Waals surface area (Å²) < 4.78 is 0. The van der Waals surface area contributed by atoms with Crippen molar-refractivity contribution in [1.29, 1.82) is 0 Å². The summed E-state index contributed by atoms with van der Waals surface area (Å²) in [4.78, 5) is 42.2. The van der Waals surface area contributed by atoms with Gasteiger partial charge in [0.1, 0.15) is 0 Å². The third-order valence-electron chi connectivity index (χ3n) is 4.97. The molecule has 7 nitrogen and oxygen atoms in total. The number of hydrogen-bond donors (Lipinski definition) is 2. The number of para-hydroxylation sites is 1. The van der Waals surface area contributed by atoms with Crippen LogP contribution in [0.1, 0.15) is 29.6 Å². The number of aliphatic carboxylic acids is 1. The van der Waals surface area contributed by atoms with E-state index in [0.717, 1.165) is 24.6 Å². The highest BCUT2D eigenvalue weighted by molar-refractivity contribution is 6.05. The number of carbonyl (C=O) groups excluding carboxylic acids is 1. The van der Waals surface area contributed by atoms with Gasteiger partial charge in [-0.05, 0) is 32.4 Å². The maximum Gasteiger partial charge on any atom is 0.317 e. The van der Waals surface area contributed by atoms with Gasteiger partial charge in [0.15, 0.2) is 0 Å². The van der Waals surface area contributed by atoms with Gasteiger partial charge in [-0.15, -0.1) is 0 Å². The number of benzene rings is 1. The fourth-order valence-electron chi connectivity index (χ4n) is 3.62. The Bertz CT molecular complexity index is 876. The molecular weight excluding hydrogens is 334 g/mol. The largest absolute Gasteiger partial charge is 0.480 e. The molecule has 0 spiro atoms. The van der Waals surface area contributed by atoms with Gasteiger partial charge in [-0.3, -0.25) is 19.3 Å². The molecule has 1 atom stereocenters. The summed E-state index contributed by atoms with van der Waals surface area (Å²) in [6, 6.07) is 8.79. The van der Waals surface area contributed by atoms with E-state index in [-0.39, 0.29) is 24.1 Å². The molecule has 138 valence electrons. The summed E-state index contributed by atoms with van der Waals surface area (Å²) in [6.45, 7) is 1.16. The SMILES string of the molecule is CN(CC(=O)O)C1CCCN(C(=O)c2cc(=O)[nH]c3ccccc23)CC1. The van der Waals surface area contributed by atoms with Crippen LogP contribution in [-0.2, 0) is 4.79 Å². The predicted molar refractivity (Wildman–Crippen MR) is 98.4 cm³/mol. The van der Waals surface area contributed by atoms with Crippen LogP contribution in [0.3, 0.4) is 0 Å². The number of carbonyl (C=O) groups is 2. The molecule has 1 unspecified atom stereocenters. The van der Waals surface area contributed by atoms with Gasteiger partial charge in [0.2, 0.25) is 5.56 Å². The van der Waals surface area contributed by atoms with Crippen molar-refractivity contribution >= 4 is 22.8 Å². The van der Waals surface area contributed by atoms with Crippen LogP contribution < -0.4 is 5.56 Å². The number of hydrogen-bond acceptors (Lipinski definition) is 4. The Morgan fingerprint density at radius 1 is 1.27 bits per heavy atom. The second-order valence-electron chi connectivity index (χ2n) is 6.78. The van der Waals surface area contributed by atoms with Crippen molar-refractivity contribution in [1.82, 2.24) is 14.8 Å². The lowest BCUT2D eigenvalue weighted by atomic mass is 10.1. The number of aromatic nitrogens is 1. The standard InChI is InChI=1S/C19H23N3O4/c1-21(12-18(24)25)13-5-4-9-22(10-8-13)19(26)15-11-17(23)20-16-7-3-2-6-14(15)16/h2-3,6-7,11,13H,4-5,8-10,12H2,1H3,(H,20,23)(H,24,25). The summed E-state index contributed by atoms with van der Waals surface area (Å²) in [5, 5.41) is 9.70. The first kappa shape index (κ1) is 18.1. The first-order valence-corrected chi connectivity index (χ1v) is 8.79. The van der Waals surface area contributed by atoms with Gasteiger partial charge in [0.25, 0.3) is 5.91 Å². The smallest absolute Gasteiger partial charge is 0.317 e. The van der Waals surface area contributed by atoms with E-state index in [9.17, 15) is 14.4 Å². The van der Waals surface area contributed by atoms with E-state index in [0.29, 0.717) is 24.2 Å². The molecule has 0 saturated carbocycles. The van der Waals surface area contributed by atoms with Crippen molar-refractivity contribution in [2.24, 2.45) is 0 Å². The molecule has 3 rings (SSSR count). The summed E-state index contributed by atoms with van der Waals surface area (Å²) >= 11 is 0. The van der Waals surface area contributed by atoms with Crippen molar-refractivity contribution < 1.29 is 14.7 Å². The van der Waals surface area contributed by atoms with Gasteiger partial charge in [-0.2, -0.15) is 0 Å². The van der Waals surface area contributed by atoms with Gasteiger partial charge in [0, 0.05) is 36.1 Å². The Morgan fingerprint density at radius 3 is 2.81 bits per heavy atom. The average Bonchev–Trinajstić information content (AvgIpc) is 2.86. The molecular formula is C19H23N3O4. The number of likely N-dealkylation sites (N-methyl/N-ethyl adjacent to an activating group) is 1. The Balaban J connectivity index is 1.79. The number of likely N-dealkylation sites (tertiary alicyclic amines) is 1. The van der Waals surface area contributed by atoms with E-state index >= 15 is 0 Å². The zero-order chi connectivity index (χ0) is 18.7. The third kappa shape index (κ3) is 3.94. The van der Waals surface area contributed by atoms with Crippen molar-refractivity contribution in [2.45, 2.75) is 25.3 Å². The van der Waals surface area contributed by atoms with Crippen LogP contribution in [0.4, 0.5) is 0 Å².